The maximum atomic E-state index is 5.33. The topological polar surface area (TPSA) is 0 Å². The molecule has 6 radical (unpaired) electrons. The monoisotopic (exact) mass is 88.1 g/mol. The second kappa shape index (κ2) is 1.98. The number of hydrogen-bond acceptors (Lipinski definition) is 0. The van der Waals surface area contributed by atoms with Crippen molar-refractivity contribution in [2.75, 3.05) is 0 Å². The SMILES string of the molecule is [B]C(C)C([B])([B])C. The molecule has 3 heteroatoms. The van der Waals surface area contributed by atoms with Crippen LogP contribution in [0.1, 0.15) is 13.8 Å². The van der Waals surface area contributed by atoms with Gasteiger partial charge >= 0.3 is 0 Å². The lowest BCUT2D eigenvalue weighted by Crippen LogP contribution is -2.12. The van der Waals surface area contributed by atoms with E-state index < -0.39 is 5.21 Å². The molecule has 0 aliphatic heterocycles. The largest absolute Gasteiger partial charge is 0.107 e. The van der Waals surface area contributed by atoms with E-state index in [4.69, 9.17) is 23.5 Å². The van der Waals surface area contributed by atoms with Crippen LogP contribution in [0.4, 0.5) is 0 Å². The van der Waals surface area contributed by atoms with Gasteiger partial charge in [-0.25, -0.2) is 0 Å². The van der Waals surface area contributed by atoms with E-state index in [0.29, 0.717) is 0 Å². The van der Waals surface area contributed by atoms with Crippen molar-refractivity contribution >= 4 is 23.5 Å². The van der Waals surface area contributed by atoms with E-state index in [1.807, 2.05) is 0 Å². The Kier molecular flexibility index (Phi) is 2.03. The van der Waals surface area contributed by atoms with Gasteiger partial charge in [-0.3, -0.25) is 0 Å². The summed E-state index contributed by atoms with van der Waals surface area (Å²) in [4.78, 5) is 0. The summed E-state index contributed by atoms with van der Waals surface area (Å²) in [5, 5.41) is -0.722. The summed E-state index contributed by atoms with van der Waals surface area (Å²) >= 11 is 0. The molecule has 0 aliphatic rings. The molecule has 0 saturated heterocycles. The van der Waals surface area contributed by atoms with Crippen LogP contribution in [0.25, 0.3) is 0 Å². The fraction of sp³-hybridized carbons (Fsp3) is 1.00. The third-order valence-electron chi connectivity index (χ3n) is 0.981. The van der Waals surface area contributed by atoms with Crippen molar-refractivity contribution in [1.29, 1.82) is 0 Å². The van der Waals surface area contributed by atoms with E-state index in [0.717, 1.165) is 0 Å². The van der Waals surface area contributed by atoms with Crippen molar-refractivity contribution < 1.29 is 0 Å². The second-order valence-corrected chi connectivity index (χ2v) is 2.15. The van der Waals surface area contributed by atoms with E-state index in [-0.39, 0.29) is 5.82 Å². The second-order valence-electron chi connectivity index (χ2n) is 2.15. The smallest absolute Gasteiger partial charge is 0.0683 e. The first-order chi connectivity index (χ1) is 2.94. The summed E-state index contributed by atoms with van der Waals surface area (Å²) in [7, 11) is 16.0. The summed E-state index contributed by atoms with van der Waals surface area (Å²) in [5.74, 6) is -0.146. The van der Waals surface area contributed by atoms with Gasteiger partial charge in [-0.1, -0.05) is 19.7 Å². The van der Waals surface area contributed by atoms with Crippen molar-refractivity contribution in [3.05, 3.63) is 0 Å². The van der Waals surface area contributed by atoms with Crippen LogP contribution in [0.2, 0.25) is 11.0 Å². The normalized spacial score (nSPS) is 16.3. The molecule has 0 aliphatic carbocycles. The molecule has 7 heavy (non-hydrogen) atoms. The van der Waals surface area contributed by atoms with Crippen molar-refractivity contribution in [2.45, 2.75) is 24.9 Å². The number of rotatable bonds is 1. The van der Waals surface area contributed by atoms with Gasteiger partial charge in [0.25, 0.3) is 0 Å². The molecule has 0 N–H and O–H groups in total. The Hall–Kier alpha value is 0.195. The van der Waals surface area contributed by atoms with E-state index in [1.54, 1.807) is 13.8 Å². The molecule has 0 amide bonds. The Morgan fingerprint density at radius 1 is 1.43 bits per heavy atom. The molecule has 0 heterocycles. The van der Waals surface area contributed by atoms with Gasteiger partial charge in [0.15, 0.2) is 0 Å². The molecule has 0 spiro atoms. The molecular formula is C4H7B3. The summed E-state index contributed by atoms with van der Waals surface area (Å²) in [6.45, 7) is 3.47. The van der Waals surface area contributed by atoms with Gasteiger partial charge in [-0.15, -0.1) is 5.21 Å². The average Bonchev–Trinajstić information content (AvgIpc) is 1.31. The highest BCUT2D eigenvalue weighted by atomic mass is 14.0. The maximum Gasteiger partial charge on any atom is 0.0683 e. The van der Waals surface area contributed by atoms with Crippen LogP contribution < -0.4 is 0 Å². The van der Waals surface area contributed by atoms with Crippen LogP contribution in [0.15, 0.2) is 0 Å². The fourth-order valence-electron chi connectivity index (χ4n) is 0. The standard InChI is InChI=1S/C4H7B3/c1-3(5)4(2,6)7/h3H,1-2H3. The first kappa shape index (κ1) is 7.19. The summed E-state index contributed by atoms with van der Waals surface area (Å²) in [6.07, 6.45) is 0. The lowest BCUT2D eigenvalue weighted by Gasteiger charge is -2.24. The molecule has 0 aromatic rings. The highest BCUT2D eigenvalue weighted by molar-refractivity contribution is 6.43. The van der Waals surface area contributed by atoms with Crippen LogP contribution in [0.3, 0.4) is 0 Å². The minimum Gasteiger partial charge on any atom is -0.107 e. The van der Waals surface area contributed by atoms with E-state index in [9.17, 15) is 0 Å². The number of hydrogen-bond donors (Lipinski definition) is 0. The lowest BCUT2D eigenvalue weighted by atomic mass is 9.45. The molecule has 1 atom stereocenters. The van der Waals surface area contributed by atoms with E-state index >= 15 is 0 Å². The van der Waals surface area contributed by atoms with E-state index in [1.165, 1.54) is 0 Å². The lowest BCUT2D eigenvalue weighted by molar-refractivity contribution is 0.800. The summed E-state index contributed by atoms with van der Waals surface area (Å²) < 4.78 is 0. The van der Waals surface area contributed by atoms with Crippen molar-refractivity contribution in [3.8, 4) is 0 Å². The third kappa shape index (κ3) is 2.84. The Balaban J connectivity index is 3.54. The molecule has 0 fully saturated rings. The van der Waals surface area contributed by atoms with E-state index in [2.05, 4.69) is 0 Å². The quantitative estimate of drug-likeness (QED) is 0.407. The molecule has 0 bridgehead atoms. The highest BCUT2D eigenvalue weighted by Crippen LogP contribution is 2.27. The molecular weight excluding hydrogens is 80.5 g/mol. The van der Waals surface area contributed by atoms with Gasteiger partial charge in [0.2, 0.25) is 0 Å². The van der Waals surface area contributed by atoms with Crippen LogP contribution in [-0.2, 0) is 0 Å². The Morgan fingerprint density at radius 2 is 1.57 bits per heavy atom. The first-order valence-electron chi connectivity index (χ1n) is 2.28. The predicted octanol–water partition coefficient (Wildman–Crippen LogP) is 0.436. The van der Waals surface area contributed by atoms with Crippen LogP contribution in [-0.4, -0.2) is 23.5 Å². The van der Waals surface area contributed by atoms with Crippen molar-refractivity contribution in [2.24, 2.45) is 0 Å². The zero-order valence-corrected chi connectivity index (χ0v) is 4.81. The van der Waals surface area contributed by atoms with Gasteiger partial charge in [-0.05, 0) is 0 Å². The minimum absolute atomic E-state index is 0.146. The molecule has 0 rings (SSSR count). The Labute approximate surface area is 49.3 Å². The minimum atomic E-state index is -0.722. The highest BCUT2D eigenvalue weighted by Gasteiger charge is 2.12. The molecule has 32 valence electrons. The summed E-state index contributed by atoms with van der Waals surface area (Å²) in [6, 6.07) is 0. The van der Waals surface area contributed by atoms with Crippen LogP contribution in [0, 0.1) is 0 Å². The molecule has 0 nitrogen and oxygen atoms in total. The molecule has 0 aromatic heterocycles. The molecule has 1 unspecified atom stereocenters. The Morgan fingerprint density at radius 3 is 1.57 bits per heavy atom. The summed E-state index contributed by atoms with van der Waals surface area (Å²) in [5.41, 5.74) is 0. The fourth-order valence-corrected chi connectivity index (χ4v) is 0. The maximum absolute atomic E-state index is 5.33. The van der Waals surface area contributed by atoms with Gasteiger partial charge in [0.1, 0.15) is 0 Å². The zero-order chi connectivity index (χ0) is 6.08. The Bertz CT molecular complexity index is 52.4. The third-order valence-corrected chi connectivity index (χ3v) is 0.981. The first-order valence-corrected chi connectivity index (χ1v) is 2.28. The van der Waals surface area contributed by atoms with Crippen LogP contribution in [0.5, 0.6) is 0 Å². The molecule has 0 aromatic carbocycles. The van der Waals surface area contributed by atoms with Gasteiger partial charge < -0.3 is 0 Å². The van der Waals surface area contributed by atoms with Crippen molar-refractivity contribution in [3.63, 3.8) is 0 Å². The average molecular weight is 87.5 g/mol. The van der Waals surface area contributed by atoms with Crippen molar-refractivity contribution in [1.82, 2.24) is 0 Å². The van der Waals surface area contributed by atoms with Gasteiger partial charge in [0.05, 0.1) is 23.5 Å². The zero-order valence-electron chi connectivity index (χ0n) is 4.81. The molecule has 0 saturated carbocycles. The van der Waals surface area contributed by atoms with Gasteiger partial charge in [0, 0.05) is 0 Å². The van der Waals surface area contributed by atoms with Crippen LogP contribution >= 0.6 is 0 Å². The predicted molar refractivity (Wildman–Crippen MR) is 35.1 cm³/mol. The van der Waals surface area contributed by atoms with Gasteiger partial charge in [-0.2, -0.15) is 0 Å².